The zero-order valence-corrected chi connectivity index (χ0v) is 9.86. The Morgan fingerprint density at radius 3 is 2.41 bits per heavy atom. The lowest BCUT2D eigenvalue weighted by molar-refractivity contribution is -0.147. The van der Waals surface area contributed by atoms with Crippen LogP contribution in [0.2, 0.25) is 0 Å². The average molecular weight is 237 g/mol. The highest BCUT2D eigenvalue weighted by atomic mass is 16.5. The lowest BCUT2D eigenvalue weighted by atomic mass is 10.1. The number of amides is 1. The SMILES string of the molecule is CNC(=O)COC(=O)Cc1ccc(OC)cc1. The summed E-state index contributed by atoms with van der Waals surface area (Å²) in [7, 11) is 3.06. The minimum atomic E-state index is -0.432. The van der Waals surface area contributed by atoms with Gasteiger partial charge in [0.15, 0.2) is 6.61 Å². The van der Waals surface area contributed by atoms with Gasteiger partial charge in [-0.05, 0) is 17.7 Å². The molecule has 0 unspecified atom stereocenters. The second-order valence-corrected chi connectivity index (χ2v) is 3.36. The molecule has 5 heteroatoms. The van der Waals surface area contributed by atoms with E-state index in [0.717, 1.165) is 11.3 Å². The third-order valence-corrected chi connectivity index (χ3v) is 2.15. The molecular formula is C12H15NO4. The van der Waals surface area contributed by atoms with Crippen molar-refractivity contribution in [3.05, 3.63) is 29.8 Å². The van der Waals surface area contributed by atoms with Crippen molar-refractivity contribution in [2.75, 3.05) is 20.8 Å². The molecule has 0 aromatic heterocycles. The van der Waals surface area contributed by atoms with Crippen LogP contribution in [-0.2, 0) is 20.7 Å². The standard InChI is InChI=1S/C12H15NO4/c1-13-11(14)8-17-12(15)7-9-3-5-10(16-2)6-4-9/h3-6H,7-8H2,1-2H3,(H,13,14). The summed E-state index contributed by atoms with van der Waals surface area (Å²) in [6, 6.07) is 7.09. The van der Waals surface area contributed by atoms with Crippen LogP contribution in [0.25, 0.3) is 0 Å². The molecule has 0 aliphatic rings. The van der Waals surface area contributed by atoms with Crippen LogP contribution in [0, 0.1) is 0 Å². The van der Waals surface area contributed by atoms with Crippen molar-refractivity contribution in [3.63, 3.8) is 0 Å². The number of hydrogen-bond acceptors (Lipinski definition) is 4. The van der Waals surface area contributed by atoms with Crippen LogP contribution in [0.5, 0.6) is 5.75 Å². The van der Waals surface area contributed by atoms with Gasteiger partial charge in [0.1, 0.15) is 5.75 Å². The Morgan fingerprint density at radius 2 is 1.88 bits per heavy atom. The quantitative estimate of drug-likeness (QED) is 0.758. The van der Waals surface area contributed by atoms with Crippen LogP contribution in [0.4, 0.5) is 0 Å². The van der Waals surface area contributed by atoms with Gasteiger partial charge in [-0.3, -0.25) is 9.59 Å². The molecule has 92 valence electrons. The number of rotatable bonds is 5. The number of methoxy groups -OCH3 is 1. The van der Waals surface area contributed by atoms with E-state index in [2.05, 4.69) is 5.32 Å². The lowest BCUT2D eigenvalue weighted by Gasteiger charge is -2.04. The van der Waals surface area contributed by atoms with Crippen LogP contribution < -0.4 is 10.1 Å². The van der Waals surface area contributed by atoms with E-state index in [1.807, 2.05) is 0 Å². The van der Waals surface area contributed by atoms with Gasteiger partial charge in [-0.1, -0.05) is 12.1 Å². The summed E-state index contributed by atoms with van der Waals surface area (Å²) >= 11 is 0. The maximum atomic E-state index is 11.4. The maximum absolute atomic E-state index is 11.4. The molecule has 17 heavy (non-hydrogen) atoms. The zero-order chi connectivity index (χ0) is 12.7. The van der Waals surface area contributed by atoms with Gasteiger partial charge < -0.3 is 14.8 Å². The highest BCUT2D eigenvalue weighted by molar-refractivity contribution is 5.80. The zero-order valence-electron chi connectivity index (χ0n) is 9.86. The van der Waals surface area contributed by atoms with Crippen LogP contribution in [-0.4, -0.2) is 32.6 Å². The van der Waals surface area contributed by atoms with Crippen molar-refractivity contribution in [2.24, 2.45) is 0 Å². The fraction of sp³-hybridized carbons (Fsp3) is 0.333. The summed E-state index contributed by atoms with van der Waals surface area (Å²) in [5, 5.41) is 2.37. The molecule has 0 saturated heterocycles. The predicted molar refractivity (Wildman–Crippen MR) is 61.7 cm³/mol. The van der Waals surface area contributed by atoms with Crippen molar-refractivity contribution in [2.45, 2.75) is 6.42 Å². The molecule has 0 atom stereocenters. The van der Waals surface area contributed by atoms with E-state index in [4.69, 9.17) is 9.47 Å². The van der Waals surface area contributed by atoms with Crippen molar-refractivity contribution in [1.29, 1.82) is 0 Å². The summed E-state index contributed by atoms with van der Waals surface area (Å²) in [5.41, 5.74) is 0.813. The van der Waals surface area contributed by atoms with Crippen molar-refractivity contribution in [1.82, 2.24) is 5.32 Å². The molecule has 1 aromatic rings. The Bertz CT molecular complexity index is 386. The maximum Gasteiger partial charge on any atom is 0.310 e. The summed E-state index contributed by atoms with van der Waals surface area (Å²) in [4.78, 5) is 22.2. The molecule has 0 aliphatic heterocycles. The fourth-order valence-corrected chi connectivity index (χ4v) is 1.18. The van der Waals surface area contributed by atoms with Gasteiger partial charge in [0.25, 0.3) is 5.91 Å². The second-order valence-electron chi connectivity index (χ2n) is 3.36. The van der Waals surface area contributed by atoms with E-state index in [0.29, 0.717) is 0 Å². The largest absolute Gasteiger partial charge is 0.497 e. The average Bonchev–Trinajstić information content (AvgIpc) is 2.36. The first-order chi connectivity index (χ1) is 8.15. The molecule has 0 aliphatic carbocycles. The Labute approximate surface area is 99.7 Å². The highest BCUT2D eigenvalue weighted by Crippen LogP contribution is 2.11. The molecule has 1 N–H and O–H groups in total. The van der Waals surface area contributed by atoms with Gasteiger partial charge >= 0.3 is 5.97 Å². The van der Waals surface area contributed by atoms with Gasteiger partial charge in [0, 0.05) is 7.05 Å². The van der Waals surface area contributed by atoms with Gasteiger partial charge in [-0.25, -0.2) is 0 Å². The van der Waals surface area contributed by atoms with E-state index in [9.17, 15) is 9.59 Å². The number of carbonyl (C=O) groups is 2. The van der Waals surface area contributed by atoms with Gasteiger partial charge in [-0.15, -0.1) is 0 Å². The number of nitrogens with one attached hydrogen (secondary N) is 1. The molecule has 0 saturated carbocycles. The fourth-order valence-electron chi connectivity index (χ4n) is 1.18. The van der Waals surface area contributed by atoms with E-state index >= 15 is 0 Å². The van der Waals surface area contributed by atoms with E-state index in [1.165, 1.54) is 7.05 Å². The summed E-state index contributed by atoms with van der Waals surface area (Å²) in [6.45, 7) is -0.245. The van der Waals surface area contributed by atoms with Crippen LogP contribution in [0.15, 0.2) is 24.3 Å². The first kappa shape index (κ1) is 13.0. The number of ether oxygens (including phenoxy) is 2. The monoisotopic (exact) mass is 237 g/mol. The van der Waals surface area contributed by atoms with E-state index < -0.39 is 5.97 Å². The summed E-state index contributed by atoms with van der Waals surface area (Å²) in [6.07, 6.45) is 0.140. The highest BCUT2D eigenvalue weighted by Gasteiger charge is 2.07. The van der Waals surface area contributed by atoms with E-state index in [-0.39, 0.29) is 18.9 Å². The number of benzene rings is 1. The summed E-state index contributed by atoms with van der Waals surface area (Å²) < 4.78 is 9.77. The molecular weight excluding hydrogens is 222 g/mol. The molecule has 0 bridgehead atoms. The van der Waals surface area contributed by atoms with Crippen LogP contribution >= 0.6 is 0 Å². The van der Waals surface area contributed by atoms with Crippen molar-refractivity contribution < 1.29 is 19.1 Å². The molecule has 0 radical (unpaired) electrons. The van der Waals surface area contributed by atoms with Crippen LogP contribution in [0.3, 0.4) is 0 Å². The number of carbonyl (C=O) groups excluding carboxylic acids is 2. The Morgan fingerprint density at radius 1 is 1.24 bits per heavy atom. The second kappa shape index (κ2) is 6.52. The molecule has 0 heterocycles. The smallest absolute Gasteiger partial charge is 0.310 e. The molecule has 1 amide bonds. The molecule has 0 spiro atoms. The molecule has 0 fully saturated rings. The topological polar surface area (TPSA) is 64.6 Å². The third-order valence-electron chi connectivity index (χ3n) is 2.15. The molecule has 5 nitrogen and oxygen atoms in total. The van der Waals surface area contributed by atoms with Crippen molar-refractivity contribution >= 4 is 11.9 Å². The third kappa shape index (κ3) is 4.55. The molecule has 1 rings (SSSR count). The summed E-state index contributed by atoms with van der Waals surface area (Å²) in [5.74, 6) is -0.0284. The van der Waals surface area contributed by atoms with Crippen LogP contribution in [0.1, 0.15) is 5.56 Å². The normalized spacial score (nSPS) is 9.53. The minimum Gasteiger partial charge on any atom is -0.497 e. The van der Waals surface area contributed by atoms with Gasteiger partial charge in [0.2, 0.25) is 0 Å². The Hall–Kier alpha value is -2.04. The predicted octanol–water partition coefficient (Wildman–Crippen LogP) is 0.527. The number of esters is 1. The van der Waals surface area contributed by atoms with Crippen molar-refractivity contribution in [3.8, 4) is 5.75 Å². The van der Waals surface area contributed by atoms with E-state index in [1.54, 1.807) is 31.4 Å². The first-order valence-corrected chi connectivity index (χ1v) is 5.15. The lowest BCUT2D eigenvalue weighted by Crippen LogP contribution is -2.25. The number of hydrogen-bond donors (Lipinski definition) is 1. The van der Waals surface area contributed by atoms with Gasteiger partial charge in [0.05, 0.1) is 13.5 Å². The number of likely N-dealkylation sites (N-methyl/N-ethyl adjacent to an activating group) is 1. The minimum absolute atomic E-state index is 0.140. The Balaban J connectivity index is 2.42. The van der Waals surface area contributed by atoms with Gasteiger partial charge in [-0.2, -0.15) is 0 Å². The first-order valence-electron chi connectivity index (χ1n) is 5.15. The molecule has 1 aromatic carbocycles. The Kier molecular flexibility index (Phi) is 5.00.